The van der Waals surface area contributed by atoms with Crippen LogP contribution >= 0.6 is 15.9 Å². The average Bonchev–Trinajstić information content (AvgIpc) is 2.38. The van der Waals surface area contributed by atoms with Gasteiger partial charge in [-0.3, -0.25) is 4.90 Å². The molecule has 1 fully saturated rings. The van der Waals surface area contributed by atoms with Crippen molar-refractivity contribution in [2.45, 2.75) is 32.9 Å². The lowest BCUT2D eigenvalue weighted by Gasteiger charge is -2.35. The first kappa shape index (κ1) is 14.8. The number of aryl methyl sites for hydroxylation is 1. The van der Waals surface area contributed by atoms with Crippen LogP contribution in [0.2, 0.25) is 0 Å². The van der Waals surface area contributed by atoms with Gasteiger partial charge in [-0.05, 0) is 54.4 Å². The van der Waals surface area contributed by atoms with Crippen molar-refractivity contribution >= 4 is 15.9 Å². The van der Waals surface area contributed by atoms with Crippen LogP contribution in [0.5, 0.6) is 5.75 Å². The molecule has 0 aromatic heterocycles. The van der Waals surface area contributed by atoms with E-state index in [0.717, 1.165) is 29.9 Å². The number of halogens is 1. The van der Waals surface area contributed by atoms with Gasteiger partial charge >= 0.3 is 0 Å². The molecule has 0 N–H and O–H groups in total. The van der Waals surface area contributed by atoms with E-state index in [1.807, 2.05) is 6.07 Å². The summed E-state index contributed by atoms with van der Waals surface area (Å²) in [5.74, 6) is 0.885. The summed E-state index contributed by atoms with van der Waals surface area (Å²) in [6, 6.07) is 6.69. The largest absolute Gasteiger partial charge is 0.490 e. The van der Waals surface area contributed by atoms with Crippen molar-refractivity contribution in [1.29, 1.82) is 0 Å². The van der Waals surface area contributed by atoms with Crippen LogP contribution in [0.4, 0.5) is 0 Å². The minimum atomic E-state index is 0.157. The molecule has 0 radical (unpaired) electrons. The first-order valence-electron chi connectivity index (χ1n) is 6.81. The monoisotopic (exact) mass is 327 g/mol. The molecule has 1 aromatic rings. The highest BCUT2D eigenvalue weighted by atomic mass is 79.9. The van der Waals surface area contributed by atoms with Gasteiger partial charge in [0.25, 0.3) is 0 Å². The summed E-state index contributed by atoms with van der Waals surface area (Å²) in [4.78, 5) is 2.43. The maximum atomic E-state index is 5.86. The van der Waals surface area contributed by atoms with Crippen LogP contribution in [-0.2, 0) is 4.74 Å². The average molecular weight is 328 g/mol. The van der Waals surface area contributed by atoms with Crippen molar-refractivity contribution in [3.63, 3.8) is 0 Å². The quantitative estimate of drug-likeness (QED) is 0.847. The minimum absolute atomic E-state index is 0.157. The van der Waals surface area contributed by atoms with Gasteiger partial charge in [0.2, 0.25) is 0 Å². The molecular formula is C15H22BrNO2. The fourth-order valence-corrected chi connectivity index (χ4v) is 2.83. The fourth-order valence-electron chi connectivity index (χ4n) is 2.22. The van der Waals surface area contributed by atoms with Gasteiger partial charge in [0.15, 0.2) is 0 Å². The van der Waals surface area contributed by atoms with Crippen molar-refractivity contribution in [3.05, 3.63) is 28.2 Å². The van der Waals surface area contributed by atoms with Gasteiger partial charge in [0.1, 0.15) is 18.5 Å². The number of nitrogens with zero attached hydrogens (tertiary/aromatic N) is 1. The van der Waals surface area contributed by atoms with E-state index in [1.165, 1.54) is 5.56 Å². The summed E-state index contributed by atoms with van der Waals surface area (Å²) in [6.45, 7) is 9.87. The Morgan fingerprint density at radius 2 is 2.26 bits per heavy atom. The molecule has 0 spiro atoms. The molecule has 19 heavy (non-hydrogen) atoms. The maximum absolute atomic E-state index is 5.86. The second kappa shape index (κ2) is 6.73. The molecule has 1 atom stereocenters. The second-order valence-corrected chi connectivity index (χ2v) is 6.18. The second-order valence-electron chi connectivity index (χ2n) is 5.33. The molecule has 0 bridgehead atoms. The Kier molecular flexibility index (Phi) is 5.25. The normalized spacial score (nSPS) is 20.8. The van der Waals surface area contributed by atoms with Crippen LogP contribution in [0.3, 0.4) is 0 Å². The summed E-state index contributed by atoms with van der Waals surface area (Å²) in [6.07, 6.45) is 0.157. The molecule has 1 aromatic carbocycles. The number of rotatable bonds is 4. The zero-order valence-electron chi connectivity index (χ0n) is 11.9. The molecule has 1 saturated heterocycles. The Morgan fingerprint density at radius 1 is 1.47 bits per heavy atom. The van der Waals surface area contributed by atoms with Gasteiger partial charge in [0.05, 0.1) is 11.1 Å². The van der Waals surface area contributed by atoms with Crippen LogP contribution in [0, 0.1) is 6.92 Å². The molecule has 0 saturated carbocycles. The Bertz CT molecular complexity index is 423. The van der Waals surface area contributed by atoms with Gasteiger partial charge in [0, 0.05) is 19.1 Å². The van der Waals surface area contributed by atoms with E-state index in [2.05, 4.69) is 53.7 Å². The molecule has 3 nitrogen and oxygen atoms in total. The number of benzene rings is 1. The van der Waals surface area contributed by atoms with Crippen molar-refractivity contribution in [3.8, 4) is 5.75 Å². The standard InChI is InChI=1S/C15H22BrNO2/c1-11(2)17-6-7-18-13(9-17)10-19-15-5-4-12(3)8-14(15)16/h4-5,8,11,13H,6-7,9-10H2,1-3H3. The van der Waals surface area contributed by atoms with Crippen LogP contribution in [-0.4, -0.2) is 43.3 Å². The smallest absolute Gasteiger partial charge is 0.133 e. The zero-order valence-corrected chi connectivity index (χ0v) is 13.4. The molecule has 1 heterocycles. The van der Waals surface area contributed by atoms with Crippen LogP contribution in [0.15, 0.2) is 22.7 Å². The number of hydrogen-bond donors (Lipinski definition) is 0. The molecule has 1 aliphatic rings. The fraction of sp³-hybridized carbons (Fsp3) is 0.600. The van der Waals surface area contributed by atoms with E-state index in [4.69, 9.17) is 9.47 Å². The topological polar surface area (TPSA) is 21.7 Å². The van der Waals surface area contributed by atoms with Crippen molar-refractivity contribution in [2.24, 2.45) is 0 Å². The lowest BCUT2D eigenvalue weighted by Crippen LogP contribution is -2.47. The van der Waals surface area contributed by atoms with E-state index in [0.29, 0.717) is 12.6 Å². The Hall–Kier alpha value is -0.580. The summed E-state index contributed by atoms with van der Waals surface area (Å²) in [5.41, 5.74) is 1.22. The maximum Gasteiger partial charge on any atom is 0.133 e. The van der Waals surface area contributed by atoms with Crippen molar-refractivity contribution < 1.29 is 9.47 Å². The van der Waals surface area contributed by atoms with E-state index < -0.39 is 0 Å². The summed E-state index contributed by atoms with van der Waals surface area (Å²) >= 11 is 3.53. The SMILES string of the molecule is Cc1ccc(OCC2CN(C(C)C)CCO2)c(Br)c1. The van der Waals surface area contributed by atoms with Crippen LogP contribution in [0.1, 0.15) is 19.4 Å². The molecular weight excluding hydrogens is 306 g/mol. The zero-order chi connectivity index (χ0) is 13.8. The minimum Gasteiger partial charge on any atom is -0.490 e. The van der Waals surface area contributed by atoms with Gasteiger partial charge in [-0.1, -0.05) is 6.07 Å². The third-order valence-electron chi connectivity index (χ3n) is 3.41. The van der Waals surface area contributed by atoms with Crippen molar-refractivity contribution in [2.75, 3.05) is 26.3 Å². The molecule has 2 rings (SSSR count). The van der Waals surface area contributed by atoms with E-state index in [1.54, 1.807) is 0 Å². The lowest BCUT2D eigenvalue weighted by molar-refractivity contribution is -0.0565. The molecule has 1 aliphatic heterocycles. The summed E-state index contributed by atoms with van der Waals surface area (Å²) in [5, 5.41) is 0. The summed E-state index contributed by atoms with van der Waals surface area (Å²) in [7, 11) is 0. The Labute approximate surface area is 124 Å². The van der Waals surface area contributed by atoms with Gasteiger partial charge in [-0.15, -0.1) is 0 Å². The van der Waals surface area contributed by atoms with Crippen LogP contribution in [0.25, 0.3) is 0 Å². The lowest BCUT2D eigenvalue weighted by atomic mass is 10.2. The number of hydrogen-bond acceptors (Lipinski definition) is 3. The summed E-state index contributed by atoms with van der Waals surface area (Å²) < 4.78 is 12.6. The Balaban J connectivity index is 1.88. The molecule has 0 amide bonds. The predicted octanol–water partition coefficient (Wildman–Crippen LogP) is 3.25. The number of ether oxygens (including phenoxy) is 2. The van der Waals surface area contributed by atoms with Gasteiger partial charge in [-0.2, -0.15) is 0 Å². The predicted molar refractivity (Wildman–Crippen MR) is 80.8 cm³/mol. The highest BCUT2D eigenvalue weighted by molar-refractivity contribution is 9.10. The van der Waals surface area contributed by atoms with Crippen LogP contribution < -0.4 is 4.74 Å². The third kappa shape index (κ3) is 4.20. The van der Waals surface area contributed by atoms with E-state index >= 15 is 0 Å². The van der Waals surface area contributed by atoms with Gasteiger partial charge in [-0.25, -0.2) is 0 Å². The van der Waals surface area contributed by atoms with E-state index in [9.17, 15) is 0 Å². The first-order valence-corrected chi connectivity index (χ1v) is 7.60. The number of morpholine rings is 1. The highest BCUT2D eigenvalue weighted by Crippen LogP contribution is 2.26. The molecule has 106 valence electrons. The first-order chi connectivity index (χ1) is 9.06. The third-order valence-corrected chi connectivity index (χ3v) is 4.03. The molecule has 0 aliphatic carbocycles. The Morgan fingerprint density at radius 3 is 2.95 bits per heavy atom. The van der Waals surface area contributed by atoms with Gasteiger partial charge < -0.3 is 9.47 Å². The van der Waals surface area contributed by atoms with E-state index in [-0.39, 0.29) is 6.10 Å². The highest BCUT2D eigenvalue weighted by Gasteiger charge is 2.22. The van der Waals surface area contributed by atoms with Crippen molar-refractivity contribution in [1.82, 2.24) is 4.90 Å². The molecule has 1 unspecified atom stereocenters. The molecule has 4 heteroatoms.